The molecule has 0 radical (unpaired) electrons. The highest BCUT2D eigenvalue weighted by molar-refractivity contribution is 5.93. The van der Waals surface area contributed by atoms with Crippen LogP contribution in [-0.4, -0.2) is 47.3 Å². The first-order valence-electron chi connectivity index (χ1n) is 12.7. The van der Waals surface area contributed by atoms with Crippen molar-refractivity contribution in [3.8, 4) is 0 Å². The minimum absolute atomic E-state index is 0.0369. The van der Waals surface area contributed by atoms with Gasteiger partial charge in [-0.3, -0.25) is 14.4 Å². The van der Waals surface area contributed by atoms with Crippen molar-refractivity contribution in [3.05, 3.63) is 35.4 Å². The smallest absolute Gasteiger partial charge is 0.246 e. The third-order valence-electron chi connectivity index (χ3n) is 7.63. The summed E-state index contributed by atoms with van der Waals surface area (Å²) in [6, 6.07) is 6.82. The van der Waals surface area contributed by atoms with E-state index >= 15 is 0 Å². The van der Waals surface area contributed by atoms with Gasteiger partial charge < -0.3 is 21.3 Å². The number of carbonyl (C=O) groups is 3. The molecule has 0 bridgehead atoms. The van der Waals surface area contributed by atoms with Crippen LogP contribution in [-0.2, 0) is 20.8 Å². The van der Waals surface area contributed by atoms with E-state index in [2.05, 4.69) is 22.8 Å². The number of likely N-dealkylation sites (tertiary alicyclic amines) is 1. The summed E-state index contributed by atoms with van der Waals surface area (Å²) < 4.78 is 0. The molecule has 1 heterocycles. The zero-order valence-corrected chi connectivity index (χ0v) is 19.7. The molecular weight excluding hydrogens is 416 g/mol. The topological polar surface area (TPSA) is 105 Å². The summed E-state index contributed by atoms with van der Waals surface area (Å²) in [5.74, 6) is -0.294. The van der Waals surface area contributed by atoms with Gasteiger partial charge in [0.05, 0.1) is 6.04 Å². The van der Waals surface area contributed by atoms with Gasteiger partial charge in [0, 0.05) is 19.0 Å². The fourth-order valence-corrected chi connectivity index (χ4v) is 5.84. The molecule has 2 fully saturated rings. The standard InChI is InChI=1S/C26H38N4O3/c1-2-23(31)29-24(18-10-4-3-5-11-18)26(33)30-16-19(27)15-22(30)25(32)28-21-14-8-12-17-9-6-7-13-20(17)21/h6-7,9,13,18-19,21-22,24H,2-5,8,10-12,14-16,27H2,1H3,(H,28,32)(H,29,31)/t19-,21+,22-,24-/m0/s1. The number of nitrogens with zero attached hydrogens (tertiary/aromatic N) is 1. The Labute approximate surface area is 196 Å². The number of fused-ring (bicyclic) bond motifs is 1. The summed E-state index contributed by atoms with van der Waals surface area (Å²) in [5.41, 5.74) is 8.70. The van der Waals surface area contributed by atoms with Crippen molar-refractivity contribution in [1.82, 2.24) is 15.5 Å². The fourth-order valence-electron chi connectivity index (χ4n) is 5.84. The molecule has 4 N–H and O–H groups in total. The normalized spacial score (nSPS) is 26.4. The molecule has 2 aliphatic carbocycles. The Morgan fingerprint density at radius 3 is 2.61 bits per heavy atom. The quantitative estimate of drug-likeness (QED) is 0.614. The van der Waals surface area contributed by atoms with Gasteiger partial charge in [-0.15, -0.1) is 0 Å². The Kier molecular flexibility index (Phi) is 7.68. The summed E-state index contributed by atoms with van der Waals surface area (Å²) >= 11 is 0. The predicted octanol–water partition coefficient (Wildman–Crippen LogP) is 2.58. The number of rotatable bonds is 6. The van der Waals surface area contributed by atoms with Crippen molar-refractivity contribution in [2.45, 2.75) is 95.3 Å². The average molecular weight is 455 g/mol. The Morgan fingerprint density at radius 2 is 1.85 bits per heavy atom. The number of aryl methyl sites for hydroxylation is 1. The summed E-state index contributed by atoms with van der Waals surface area (Å²) in [4.78, 5) is 41.0. The Bertz CT molecular complexity index is 867. The van der Waals surface area contributed by atoms with Gasteiger partial charge in [0.25, 0.3) is 0 Å². The van der Waals surface area contributed by atoms with Crippen LogP contribution in [0.4, 0.5) is 0 Å². The lowest BCUT2D eigenvalue weighted by Gasteiger charge is -2.35. The molecule has 1 saturated heterocycles. The van der Waals surface area contributed by atoms with E-state index in [1.165, 1.54) is 17.5 Å². The molecule has 0 spiro atoms. The Balaban J connectivity index is 1.50. The average Bonchev–Trinajstić information content (AvgIpc) is 3.24. The predicted molar refractivity (Wildman–Crippen MR) is 127 cm³/mol. The lowest BCUT2D eigenvalue weighted by Crippen LogP contribution is -2.56. The summed E-state index contributed by atoms with van der Waals surface area (Å²) in [7, 11) is 0. The van der Waals surface area contributed by atoms with E-state index in [0.29, 0.717) is 19.4 Å². The number of nitrogens with one attached hydrogen (secondary N) is 2. The number of benzene rings is 1. The lowest BCUT2D eigenvalue weighted by atomic mass is 9.83. The molecular formula is C26H38N4O3. The van der Waals surface area contributed by atoms with E-state index in [4.69, 9.17) is 5.73 Å². The molecule has 180 valence electrons. The zero-order chi connectivity index (χ0) is 23.4. The molecule has 1 aliphatic heterocycles. The Hall–Kier alpha value is -2.41. The van der Waals surface area contributed by atoms with Crippen molar-refractivity contribution in [3.63, 3.8) is 0 Å². The zero-order valence-electron chi connectivity index (χ0n) is 19.7. The molecule has 1 aromatic carbocycles. The Morgan fingerprint density at radius 1 is 1.09 bits per heavy atom. The van der Waals surface area contributed by atoms with Crippen molar-refractivity contribution in [1.29, 1.82) is 0 Å². The van der Waals surface area contributed by atoms with Gasteiger partial charge in [-0.2, -0.15) is 0 Å². The van der Waals surface area contributed by atoms with Crippen LogP contribution in [0, 0.1) is 5.92 Å². The van der Waals surface area contributed by atoms with E-state index in [9.17, 15) is 14.4 Å². The molecule has 7 nitrogen and oxygen atoms in total. The van der Waals surface area contributed by atoms with Crippen LogP contribution in [0.5, 0.6) is 0 Å². The van der Waals surface area contributed by atoms with Gasteiger partial charge in [0.1, 0.15) is 12.1 Å². The van der Waals surface area contributed by atoms with Gasteiger partial charge >= 0.3 is 0 Å². The SMILES string of the molecule is CCC(=O)N[C@H](C(=O)N1C[C@@H](N)C[C@H]1C(=O)N[C@@H]1CCCc2ccccc21)C1CCCCC1. The van der Waals surface area contributed by atoms with Crippen molar-refractivity contribution >= 4 is 17.7 Å². The summed E-state index contributed by atoms with van der Waals surface area (Å²) in [5, 5.41) is 6.20. The molecule has 7 heteroatoms. The molecule has 4 atom stereocenters. The second-order valence-electron chi connectivity index (χ2n) is 9.95. The molecule has 4 rings (SSSR count). The number of hydrogen-bond donors (Lipinski definition) is 3. The van der Waals surface area contributed by atoms with Gasteiger partial charge in [-0.25, -0.2) is 0 Å². The lowest BCUT2D eigenvalue weighted by molar-refractivity contribution is -0.143. The maximum atomic E-state index is 13.7. The maximum Gasteiger partial charge on any atom is 0.246 e. The first-order valence-corrected chi connectivity index (χ1v) is 12.7. The van der Waals surface area contributed by atoms with Crippen LogP contribution < -0.4 is 16.4 Å². The number of amides is 3. The highest BCUT2D eigenvalue weighted by Gasteiger charge is 2.43. The molecule has 33 heavy (non-hydrogen) atoms. The largest absolute Gasteiger partial charge is 0.347 e. The van der Waals surface area contributed by atoms with Gasteiger partial charge in [0.15, 0.2) is 0 Å². The first kappa shape index (κ1) is 23.7. The molecule has 0 unspecified atom stereocenters. The van der Waals surface area contributed by atoms with Gasteiger partial charge in [-0.05, 0) is 55.6 Å². The van der Waals surface area contributed by atoms with Gasteiger partial charge in [0.2, 0.25) is 17.7 Å². The van der Waals surface area contributed by atoms with E-state index < -0.39 is 12.1 Å². The molecule has 1 saturated carbocycles. The van der Waals surface area contributed by atoms with E-state index in [0.717, 1.165) is 44.9 Å². The first-order chi connectivity index (χ1) is 16.0. The number of nitrogens with two attached hydrogens (primary N) is 1. The van der Waals surface area contributed by atoms with Crippen LogP contribution in [0.25, 0.3) is 0 Å². The van der Waals surface area contributed by atoms with E-state index in [1.807, 2.05) is 12.1 Å². The molecule has 3 amide bonds. The summed E-state index contributed by atoms with van der Waals surface area (Å²) in [6.45, 7) is 2.14. The minimum Gasteiger partial charge on any atom is -0.347 e. The summed E-state index contributed by atoms with van der Waals surface area (Å²) in [6.07, 6.45) is 8.90. The second kappa shape index (κ2) is 10.7. The third-order valence-corrected chi connectivity index (χ3v) is 7.63. The minimum atomic E-state index is -0.591. The van der Waals surface area contributed by atoms with Gasteiger partial charge in [-0.1, -0.05) is 50.5 Å². The van der Waals surface area contributed by atoms with Crippen LogP contribution in [0.3, 0.4) is 0 Å². The number of hydrogen-bond acceptors (Lipinski definition) is 4. The second-order valence-corrected chi connectivity index (χ2v) is 9.95. The van der Waals surface area contributed by atoms with Crippen molar-refractivity contribution < 1.29 is 14.4 Å². The maximum absolute atomic E-state index is 13.7. The van der Waals surface area contributed by atoms with E-state index in [-0.39, 0.29) is 35.7 Å². The van der Waals surface area contributed by atoms with Crippen molar-refractivity contribution in [2.24, 2.45) is 11.7 Å². The van der Waals surface area contributed by atoms with E-state index in [1.54, 1.807) is 11.8 Å². The van der Waals surface area contributed by atoms with Crippen LogP contribution >= 0.6 is 0 Å². The third kappa shape index (κ3) is 5.40. The van der Waals surface area contributed by atoms with Crippen LogP contribution in [0.1, 0.15) is 81.9 Å². The number of carbonyl (C=O) groups excluding carboxylic acids is 3. The molecule has 0 aromatic heterocycles. The fraction of sp³-hybridized carbons (Fsp3) is 0.654. The van der Waals surface area contributed by atoms with Crippen molar-refractivity contribution in [2.75, 3.05) is 6.54 Å². The van der Waals surface area contributed by atoms with Crippen LogP contribution in [0.2, 0.25) is 0 Å². The van der Waals surface area contributed by atoms with Crippen LogP contribution in [0.15, 0.2) is 24.3 Å². The molecule has 3 aliphatic rings. The highest BCUT2D eigenvalue weighted by atomic mass is 16.2. The monoisotopic (exact) mass is 454 g/mol. The highest BCUT2D eigenvalue weighted by Crippen LogP contribution is 2.32. The molecule has 1 aromatic rings.